The smallest absolute Gasteiger partial charge is 0.0826 e. The van der Waals surface area contributed by atoms with Crippen molar-refractivity contribution in [3.8, 4) is 0 Å². The van der Waals surface area contributed by atoms with Crippen LogP contribution in [-0.2, 0) is 4.74 Å². The van der Waals surface area contributed by atoms with Crippen molar-refractivity contribution >= 4 is 11.8 Å². The maximum atomic E-state index is 5.67. The van der Waals surface area contributed by atoms with E-state index in [-0.39, 0.29) is 0 Å². The number of thioether (sulfide) groups is 1. The van der Waals surface area contributed by atoms with E-state index < -0.39 is 0 Å². The summed E-state index contributed by atoms with van der Waals surface area (Å²) in [6.45, 7) is 5.32. The summed E-state index contributed by atoms with van der Waals surface area (Å²) in [5, 5.41) is 3.18. The molecule has 1 fully saturated rings. The molecule has 0 saturated carbocycles. The molecule has 1 aliphatic heterocycles. The quantitative estimate of drug-likeness (QED) is 0.663. The van der Waals surface area contributed by atoms with Gasteiger partial charge in [-0.05, 0) is 38.4 Å². The Balaban J connectivity index is 2.07. The normalized spacial score (nSPS) is 23.2. The zero-order valence-electron chi connectivity index (χ0n) is 10.00. The van der Waals surface area contributed by atoms with Gasteiger partial charge in [-0.25, -0.2) is 0 Å². The Labute approximate surface area is 97.9 Å². The highest BCUT2D eigenvalue weighted by molar-refractivity contribution is 7.98. The molecule has 4 heteroatoms. The standard InChI is InChI=1S/C11H24N2OS/c1-12-9-11-10-13(6-7-14-11)5-3-4-8-15-2/h11-12H,3-10H2,1-2H3. The zero-order valence-corrected chi connectivity index (χ0v) is 10.8. The van der Waals surface area contributed by atoms with Crippen molar-refractivity contribution < 1.29 is 4.74 Å². The fourth-order valence-corrected chi connectivity index (χ4v) is 2.41. The molecular weight excluding hydrogens is 208 g/mol. The largest absolute Gasteiger partial charge is 0.374 e. The Morgan fingerprint density at radius 3 is 3.07 bits per heavy atom. The second-order valence-corrected chi connectivity index (χ2v) is 5.04. The summed E-state index contributed by atoms with van der Waals surface area (Å²) < 4.78 is 5.67. The summed E-state index contributed by atoms with van der Waals surface area (Å²) in [7, 11) is 1.99. The Morgan fingerprint density at radius 1 is 1.47 bits per heavy atom. The molecule has 1 aliphatic rings. The Bertz CT molecular complexity index is 156. The van der Waals surface area contributed by atoms with Crippen LogP contribution < -0.4 is 5.32 Å². The van der Waals surface area contributed by atoms with Crippen LogP contribution in [0, 0.1) is 0 Å². The maximum Gasteiger partial charge on any atom is 0.0826 e. The molecular formula is C11H24N2OS. The van der Waals surface area contributed by atoms with Crippen LogP contribution in [0.3, 0.4) is 0 Å². The van der Waals surface area contributed by atoms with E-state index in [1.165, 1.54) is 25.1 Å². The average molecular weight is 232 g/mol. The Kier molecular flexibility index (Phi) is 7.44. The van der Waals surface area contributed by atoms with Gasteiger partial charge in [-0.2, -0.15) is 11.8 Å². The van der Waals surface area contributed by atoms with Crippen molar-refractivity contribution in [2.75, 3.05) is 51.8 Å². The molecule has 0 aromatic carbocycles. The molecule has 0 radical (unpaired) electrons. The van der Waals surface area contributed by atoms with Crippen LogP contribution in [0.25, 0.3) is 0 Å². The second kappa shape index (κ2) is 8.39. The van der Waals surface area contributed by atoms with Gasteiger partial charge in [-0.15, -0.1) is 0 Å². The minimum atomic E-state index is 0.393. The van der Waals surface area contributed by atoms with Gasteiger partial charge in [0.25, 0.3) is 0 Å². The predicted octanol–water partition coefficient (Wildman–Crippen LogP) is 1.05. The molecule has 1 N–H and O–H groups in total. The summed E-state index contributed by atoms with van der Waals surface area (Å²) in [5.41, 5.74) is 0. The van der Waals surface area contributed by atoms with E-state index in [4.69, 9.17) is 4.74 Å². The van der Waals surface area contributed by atoms with Crippen LogP contribution in [0.5, 0.6) is 0 Å². The summed E-state index contributed by atoms with van der Waals surface area (Å²) in [6, 6.07) is 0. The highest BCUT2D eigenvalue weighted by atomic mass is 32.2. The number of hydrogen-bond acceptors (Lipinski definition) is 4. The van der Waals surface area contributed by atoms with E-state index in [1.807, 2.05) is 18.8 Å². The monoisotopic (exact) mass is 232 g/mol. The third kappa shape index (κ3) is 5.76. The SMILES string of the molecule is CNCC1CN(CCCCSC)CCO1. The van der Waals surface area contributed by atoms with Crippen molar-refractivity contribution in [3.05, 3.63) is 0 Å². The molecule has 1 heterocycles. The summed E-state index contributed by atoms with van der Waals surface area (Å²) in [4.78, 5) is 2.53. The van der Waals surface area contributed by atoms with Gasteiger partial charge >= 0.3 is 0 Å². The van der Waals surface area contributed by atoms with Gasteiger partial charge in [0.1, 0.15) is 0 Å². The van der Waals surface area contributed by atoms with Gasteiger partial charge in [0.15, 0.2) is 0 Å². The molecule has 90 valence electrons. The first-order valence-corrected chi connectivity index (χ1v) is 7.23. The third-order valence-corrected chi connectivity index (χ3v) is 3.42. The van der Waals surface area contributed by atoms with E-state index in [0.29, 0.717) is 6.10 Å². The van der Waals surface area contributed by atoms with E-state index in [2.05, 4.69) is 16.5 Å². The van der Waals surface area contributed by atoms with Crippen LogP contribution in [0.15, 0.2) is 0 Å². The van der Waals surface area contributed by atoms with Crippen molar-refractivity contribution in [2.45, 2.75) is 18.9 Å². The first-order chi connectivity index (χ1) is 7.36. The molecule has 1 rings (SSSR count). The lowest BCUT2D eigenvalue weighted by atomic mass is 10.2. The number of likely N-dealkylation sites (N-methyl/N-ethyl adjacent to an activating group) is 1. The maximum absolute atomic E-state index is 5.67. The molecule has 0 amide bonds. The van der Waals surface area contributed by atoms with Gasteiger partial charge in [-0.1, -0.05) is 0 Å². The lowest BCUT2D eigenvalue weighted by Crippen LogP contribution is -2.46. The molecule has 1 saturated heterocycles. The Morgan fingerprint density at radius 2 is 2.33 bits per heavy atom. The molecule has 0 aromatic heterocycles. The van der Waals surface area contributed by atoms with Gasteiger partial charge in [0, 0.05) is 19.6 Å². The van der Waals surface area contributed by atoms with Crippen molar-refractivity contribution in [1.82, 2.24) is 10.2 Å². The lowest BCUT2D eigenvalue weighted by Gasteiger charge is -2.32. The zero-order chi connectivity index (χ0) is 10.9. The molecule has 3 nitrogen and oxygen atoms in total. The van der Waals surface area contributed by atoms with Gasteiger partial charge in [0.2, 0.25) is 0 Å². The van der Waals surface area contributed by atoms with E-state index >= 15 is 0 Å². The van der Waals surface area contributed by atoms with E-state index in [0.717, 1.165) is 26.2 Å². The molecule has 0 spiro atoms. The number of ether oxygens (including phenoxy) is 1. The van der Waals surface area contributed by atoms with Gasteiger partial charge in [0.05, 0.1) is 12.7 Å². The fraction of sp³-hybridized carbons (Fsp3) is 1.00. The number of hydrogen-bond donors (Lipinski definition) is 1. The van der Waals surface area contributed by atoms with Crippen LogP contribution in [-0.4, -0.2) is 62.8 Å². The highest BCUT2D eigenvalue weighted by Crippen LogP contribution is 2.07. The fourth-order valence-electron chi connectivity index (χ4n) is 1.92. The van der Waals surface area contributed by atoms with Crippen LogP contribution >= 0.6 is 11.8 Å². The van der Waals surface area contributed by atoms with Crippen LogP contribution in [0.1, 0.15) is 12.8 Å². The number of rotatable bonds is 7. The van der Waals surface area contributed by atoms with E-state index in [1.54, 1.807) is 0 Å². The van der Waals surface area contributed by atoms with Gasteiger partial charge in [-0.3, -0.25) is 4.90 Å². The molecule has 0 bridgehead atoms. The lowest BCUT2D eigenvalue weighted by molar-refractivity contribution is -0.0264. The molecule has 1 unspecified atom stereocenters. The Hall–Kier alpha value is 0.230. The first kappa shape index (κ1) is 13.3. The minimum Gasteiger partial charge on any atom is -0.374 e. The molecule has 15 heavy (non-hydrogen) atoms. The van der Waals surface area contributed by atoms with Gasteiger partial charge < -0.3 is 10.1 Å². The number of nitrogens with zero attached hydrogens (tertiary/aromatic N) is 1. The first-order valence-electron chi connectivity index (χ1n) is 5.84. The molecule has 1 atom stereocenters. The van der Waals surface area contributed by atoms with Crippen molar-refractivity contribution in [1.29, 1.82) is 0 Å². The molecule has 0 aliphatic carbocycles. The molecule has 0 aromatic rings. The summed E-state index contributed by atoms with van der Waals surface area (Å²) in [6.07, 6.45) is 5.24. The minimum absolute atomic E-state index is 0.393. The van der Waals surface area contributed by atoms with Crippen molar-refractivity contribution in [3.63, 3.8) is 0 Å². The highest BCUT2D eigenvalue weighted by Gasteiger charge is 2.18. The van der Waals surface area contributed by atoms with Crippen LogP contribution in [0.4, 0.5) is 0 Å². The average Bonchev–Trinajstić information content (AvgIpc) is 2.26. The topological polar surface area (TPSA) is 24.5 Å². The predicted molar refractivity (Wildman–Crippen MR) is 67.7 cm³/mol. The number of nitrogens with one attached hydrogen (secondary N) is 1. The van der Waals surface area contributed by atoms with Crippen LogP contribution in [0.2, 0.25) is 0 Å². The van der Waals surface area contributed by atoms with E-state index in [9.17, 15) is 0 Å². The summed E-state index contributed by atoms with van der Waals surface area (Å²) in [5.74, 6) is 1.30. The third-order valence-electron chi connectivity index (χ3n) is 2.73. The van der Waals surface area contributed by atoms with Crippen molar-refractivity contribution in [2.24, 2.45) is 0 Å². The summed E-state index contributed by atoms with van der Waals surface area (Å²) >= 11 is 1.94. The number of morpholine rings is 1. The second-order valence-electron chi connectivity index (χ2n) is 4.05. The number of unbranched alkanes of at least 4 members (excludes halogenated alkanes) is 1.